The molecule has 0 saturated carbocycles. The number of hydrogen-bond donors (Lipinski definition) is 3. The average molecular weight is 286 g/mol. The van der Waals surface area contributed by atoms with Crippen LogP contribution in [0.2, 0.25) is 0 Å². The maximum atomic E-state index is 12.2. The van der Waals surface area contributed by atoms with Gasteiger partial charge in [0.1, 0.15) is 5.75 Å². The van der Waals surface area contributed by atoms with Gasteiger partial charge in [-0.15, -0.1) is 0 Å². The number of nitrogens with two attached hydrogens (primary N) is 1. The minimum atomic E-state index is -0.261. The molecule has 0 bridgehead atoms. The zero-order valence-corrected chi connectivity index (χ0v) is 12.0. The zero-order chi connectivity index (χ0) is 15.2. The first-order valence-electron chi connectivity index (χ1n) is 6.59. The quantitative estimate of drug-likeness (QED) is 0.580. The summed E-state index contributed by atoms with van der Waals surface area (Å²) in [6.07, 6.45) is 3.14. The number of aromatic nitrogens is 1. The Balaban J connectivity index is 2.09. The van der Waals surface area contributed by atoms with Gasteiger partial charge in [0.2, 0.25) is 0 Å². The summed E-state index contributed by atoms with van der Waals surface area (Å²) in [6.45, 7) is 3.92. The Morgan fingerprint density at radius 1 is 1.24 bits per heavy atom. The Morgan fingerprint density at radius 3 is 2.57 bits per heavy atom. The molecule has 0 radical (unpaired) electrons. The molecular formula is C15H18N4O2. The molecule has 0 unspecified atom stereocenters. The van der Waals surface area contributed by atoms with E-state index < -0.39 is 0 Å². The van der Waals surface area contributed by atoms with Crippen molar-refractivity contribution < 1.29 is 9.53 Å². The standard InChI is InChI=1S/C15H18N4O2/c1-10(2)21-12-5-3-11(4-6-12)18-15(20)13-7-8-17-9-14(13)19-16/h3-10,19H,16H2,1-2H3,(H,18,20). The smallest absolute Gasteiger partial charge is 0.257 e. The number of ether oxygens (including phenoxy) is 1. The largest absolute Gasteiger partial charge is 0.491 e. The predicted molar refractivity (Wildman–Crippen MR) is 82.2 cm³/mol. The summed E-state index contributed by atoms with van der Waals surface area (Å²) < 4.78 is 5.55. The van der Waals surface area contributed by atoms with E-state index in [1.165, 1.54) is 12.4 Å². The third kappa shape index (κ3) is 3.93. The topological polar surface area (TPSA) is 89.3 Å². The van der Waals surface area contributed by atoms with Crippen molar-refractivity contribution in [3.05, 3.63) is 48.3 Å². The molecule has 0 saturated heterocycles. The summed E-state index contributed by atoms with van der Waals surface area (Å²) in [4.78, 5) is 16.1. The van der Waals surface area contributed by atoms with Gasteiger partial charge in [0.25, 0.3) is 5.91 Å². The highest BCUT2D eigenvalue weighted by Gasteiger charge is 2.11. The lowest BCUT2D eigenvalue weighted by Crippen LogP contribution is -2.17. The SMILES string of the molecule is CC(C)Oc1ccc(NC(=O)c2ccncc2NN)cc1. The Morgan fingerprint density at radius 2 is 1.95 bits per heavy atom. The Labute approximate surface area is 123 Å². The van der Waals surface area contributed by atoms with Crippen LogP contribution in [-0.4, -0.2) is 17.0 Å². The lowest BCUT2D eigenvalue weighted by molar-refractivity contribution is 0.102. The van der Waals surface area contributed by atoms with E-state index in [0.29, 0.717) is 16.9 Å². The highest BCUT2D eigenvalue weighted by Crippen LogP contribution is 2.19. The van der Waals surface area contributed by atoms with Gasteiger partial charge < -0.3 is 15.5 Å². The van der Waals surface area contributed by atoms with Gasteiger partial charge in [0.15, 0.2) is 0 Å². The van der Waals surface area contributed by atoms with Crippen LogP contribution in [0, 0.1) is 0 Å². The van der Waals surface area contributed by atoms with Gasteiger partial charge in [-0.3, -0.25) is 15.6 Å². The number of pyridine rings is 1. The third-order valence-electron chi connectivity index (χ3n) is 2.71. The molecular weight excluding hydrogens is 268 g/mol. The average Bonchev–Trinajstić information content (AvgIpc) is 2.48. The molecule has 0 spiro atoms. The van der Waals surface area contributed by atoms with Crippen molar-refractivity contribution in [3.63, 3.8) is 0 Å². The normalized spacial score (nSPS) is 10.3. The second kappa shape index (κ2) is 6.71. The van der Waals surface area contributed by atoms with E-state index in [0.717, 1.165) is 5.75 Å². The second-order valence-electron chi connectivity index (χ2n) is 4.71. The summed E-state index contributed by atoms with van der Waals surface area (Å²) in [5.74, 6) is 5.86. The fourth-order valence-electron chi connectivity index (χ4n) is 1.79. The number of hydrogen-bond acceptors (Lipinski definition) is 5. The summed E-state index contributed by atoms with van der Waals surface area (Å²) >= 11 is 0. The Bertz CT molecular complexity index is 611. The number of rotatable bonds is 5. The van der Waals surface area contributed by atoms with Crippen LogP contribution in [0.25, 0.3) is 0 Å². The van der Waals surface area contributed by atoms with Gasteiger partial charge >= 0.3 is 0 Å². The van der Waals surface area contributed by atoms with Crippen molar-refractivity contribution in [1.82, 2.24) is 4.98 Å². The molecule has 0 atom stereocenters. The van der Waals surface area contributed by atoms with Gasteiger partial charge in [-0.05, 0) is 44.2 Å². The van der Waals surface area contributed by atoms with E-state index in [9.17, 15) is 4.79 Å². The molecule has 0 aliphatic heterocycles. The number of nitrogens with zero attached hydrogens (tertiary/aromatic N) is 1. The van der Waals surface area contributed by atoms with Crippen LogP contribution in [-0.2, 0) is 0 Å². The summed E-state index contributed by atoms with van der Waals surface area (Å²) in [5, 5.41) is 2.80. The number of nitrogens with one attached hydrogen (secondary N) is 2. The Hall–Kier alpha value is -2.60. The van der Waals surface area contributed by atoms with Crippen LogP contribution in [0.3, 0.4) is 0 Å². The third-order valence-corrected chi connectivity index (χ3v) is 2.71. The van der Waals surface area contributed by atoms with E-state index in [1.807, 2.05) is 26.0 Å². The van der Waals surface area contributed by atoms with E-state index in [-0.39, 0.29) is 12.0 Å². The lowest BCUT2D eigenvalue weighted by atomic mass is 10.2. The molecule has 0 aliphatic rings. The number of benzene rings is 1. The molecule has 4 N–H and O–H groups in total. The van der Waals surface area contributed by atoms with Gasteiger partial charge in [0.05, 0.1) is 23.6 Å². The zero-order valence-electron chi connectivity index (χ0n) is 12.0. The summed E-state index contributed by atoms with van der Waals surface area (Å²) in [7, 11) is 0. The minimum Gasteiger partial charge on any atom is -0.491 e. The number of nitrogen functional groups attached to an aromatic ring is 1. The molecule has 110 valence electrons. The number of carbonyl (C=O) groups is 1. The number of hydrazine groups is 1. The summed E-state index contributed by atoms with van der Waals surface area (Å²) in [6, 6.07) is 8.79. The van der Waals surface area contributed by atoms with Crippen LogP contribution in [0.4, 0.5) is 11.4 Å². The van der Waals surface area contributed by atoms with Gasteiger partial charge in [-0.1, -0.05) is 0 Å². The first-order valence-corrected chi connectivity index (χ1v) is 6.59. The van der Waals surface area contributed by atoms with Crippen LogP contribution >= 0.6 is 0 Å². The van der Waals surface area contributed by atoms with Crippen LogP contribution in [0.5, 0.6) is 5.75 Å². The highest BCUT2D eigenvalue weighted by molar-refractivity contribution is 6.07. The molecule has 1 aromatic heterocycles. The lowest BCUT2D eigenvalue weighted by Gasteiger charge is -2.11. The van der Waals surface area contributed by atoms with E-state index in [2.05, 4.69) is 15.7 Å². The van der Waals surface area contributed by atoms with Crippen molar-refractivity contribution in [2.24, 2.45) is 5.84 Å². The van der Waals surface area contributed by atoms with E-state index in [1.54, 1.807) is 18.2 Å². The molecule has 2 aromatic rings. The molecule has 1 amide bonds. The predicted octanol–water partition coefficient (Wildman–Crippen LogP) is 2.41. The molecule has 0 fully saturated rings. The van der Waals surface area contributed by atoms with Gasteiger partial charge in [-0.2, -0.15) is 0 Å². The fraction of sp³-hybridized carbons (Fsp3) is 0.200. The number of anilines is 2. The Kier molecular flexibility index (Phi) is 4.73. The molecule has 6 nitrogen and oxygen atoms in total. The number of carbonyl (C=O) groups excluding carboxylic acids is 1. The van der Waals surface area contributed by atoms with E-state index >= 15 is 0 Å². The minimum absolute atomic E-state index is 0.112. The molecule has 1 aromatic carbocycles. The molecule has 0 aliphatic carbocycles. The van der Waals surface area contributed by atoms with Crippen LogP contribution < -0.4 is 21.3 Å². The van der Waals surface area contributed by atoms with Crippen LogP contribution in [0.15, 0.2) is 42.7 Å². The monoisotopic (exact) mass is 286 g/mol. The number of amides is 1. The van der Waals surface area contributed by atoms with Crippen LogP contribution in [0.1, 0.15) is 24.2 Å². The molecule has 1 heterocycles. The molecule has 21 heavy (non-hydrogen) atoms. The summed E-state index contributed by atoms with van der Waals surface area (Å²) in [5.41, 5.74) is 4.02. The van der Waals surface area contributed by atoms with Crippen molar-refractivity contribution in [1.29, 1.82) is 0 Å². The second-order valence-corrected chi connectivity index (χ2v) is 4.71. The van der Waals surface area contributed by atoms with Crippen molar-refractivity contribution in [3.8, 4) is 5.75 Å². The maximum Gasteiger partial charge on any atom is 0.257 e. The first-order chi connectivity index (χ1) is 10.1. The van der Waals surface area contributed by atoms with E-state index in [4.69, 9.17) is 10.6 Å². The van der Waals surface area contributed by atoms with Crippen molar-refractivity contribution in [2.75, 3.05) is 10.7 Å². The molecule has 6 heteroatoms. The van der Waals surface area contributed by atoms with Gasteiger partial charge in [0, 0.05) is 11.9 Å². The first kappa shape index (κ1) is 14.8. The fourth-order valence-corrected chi connectivity index (χ4v) is 1.79. The highest BCUT2D eigenvalue weighted by atomic mass is 16.5. The van der Waals surface area contributed by atoms with Crippen molar-refractivity contribution >= 4 is 17.3 Å². The van der Waals surface area contributed by atoms with Crippen molar-refractivity contribution in [2.45, 2.75) is 20.0 Å². The molecule has 2 rings (SSSR count). The van der Waals surface area contributed by atoms with Gasteiger partial charge in [-0.25, -0.2) is 0 Å². The maximum absolute atomic E-state index is 12.2.